The van der Waals surface area contributed by atoms with Crippen LogP contribution in [-0.2, 0) is 0 Å². The average Bonchev–Trinajstić information content (AvgIpc) is 1.77. The van der Waals surface area contributed by atoms with Crippen molar-refractivity contribution in [1.29, 1.82) is 0 Å². The van der Waals surface area contributed by atoms with Crippen LogP contribution in [-0.4, -0.2) is 27.6 Å². The first-order valence-corrected chi connectivity index (χ1v) is 4.58. The Morgan fingerprint density at radius 2 is 0.500 bits per heavy atom. The summed E-state index contributed by atoms with van der Waals surface area (Å²) in [4.78, 5) is 0. The Kier molecular flexibility index (Phi) is 26.2. The Bertz CT molecular complexity index is 108. The van der Waals surface area contributed by atoms with Gasteiger partial charge in [0.1, 0.15) is 0 Å². The molecule has 0 heterocycles. The number of hydrogen-bond acceptors (Lipinski definition) is 0. The zero-order valence-electron chi connectivity index (χ0n) is 9.65. The third-order valence-electron chi connectivity index (χ3n) is 0. The fraction of sp³-hybridized carbons (Fsp3) is 1.00. The van der Waals surface area contributed by atoms with Crippen LogP contribution in [0.2, 0.25) is 0 Å². The van der Waals surface area contributed by atoms with E-state index in [1.807, 2.05) is 5.83 Å². The van der Waals surface area contributed by atoms with Gasteiger partial charge in [-0.15, -0.1) is 0 Å². The number of rotatable bonds is 0. The van der Waals surface area contributed by atoms with Crippen molar-refractivity contribution >= 4 is 37.7 Å². The first-order valence-electron chi connectivity index (χ1n) is 3.00. The smallest absolute Gasteiger partial charge is 1.00 e. The molecule has 0 saturated heterocycles. The summed E-state index contributed by atoms with van der Waals surface area (Å²) in [5, 5.41) is 0. The van der Waals surface area contributed by atoms with E-state index in [-0.39, 0.29) is 52.8 Å². The summed E-state index contributed by atoms with van der Waals surface area (Å²) in [7, 11) is -18.0. The van der Waals surface area contributed by atoms with Crippen LogP contribution < -0.4 is 51.4 Å². The molecule has 18 heavy (non-hydrogen) atoms. The number of alkyl halides is 1. The predicted molar refractivity (Wildman–Crippen MR) is 46.5 cm³/mol. The molecule has 0 unspecified atom stereocenters. The fourth-order valence-corrected chi connectivity index (χ4v) is 0. The van der Waals surface area contributed by atoms with E-state index in [1.54, 1.807) is 0 Å². The molecular formula is CH4B3BrF12K-3. The summed E-state index contributed by atoms with van der Waals surface area (Å²) in [5.41, 5.74) is 0. The molecule has 0 fully saturated rings. The van der Waals surface area contributed by atoms with Gasteiger partial charge in [0.2, 0.25) is 0 Å². The van der Waals surface area contributed by atoms with Crippen LogP contribution in [0.4, 0.5) is 51.8 Å². The van der Waals surface area contributed by atoms with Crippen molar-refractivity contribution in [2.75, 3.05) is 5.83 Å². The molecule has 0 aliphatic carbocycles. The molecule has 0 aromatic carbocycles. The van der Waals surface area contributed by atoms with E-state index in [1.165, 1.54) is 0 Å². The van der Waals surface area contributed by atoms with Crippen LogP contribution in [0.5, 0.6) is 0 Å². The largest absolute Gasteiger partial charge is 1.00 e. The molecule has 0 spiro atoms. The topological polar surface area (TPSA) is 0 Å². The minimum atomic E-state index is -6.00. The molecule has 0 radical (unpaired) electrons. The molecule has 112 valence electrons. The summed E-state index contributed by atoms with van der Waals surface area (Å²) in [6, 6.07) is 0. The monoisotopic (exact) mass is 395 g/mol. The van der Waals surface area contributed by atoms with Gasteiger partial charge in [-0.2, -0.15) is 0 Å². The quantitative estimate of drug-likeness (QED) is 0.335. The molecule has 0 N–H and O–H groups in total. The van der Waals surface area contributed by atoms with Gasteiger partial charge in [-0.25, -0.2) is 0 Å². The minimum Gasteiger partial charge on any atom is -1.00 e. The molecule has 0 amide bonds. The van der Waals surface area contributed by atoms with E-state index in [0.717, 1.165) is 0 Å². The Morgan fingerprint density at radius 3 is 0.500 bits per heavy atom. The Balaban J connectivity index is -0.0000000298. The molecular weight excluding hydrogens is 391 g/mol. The van der Waals surface area contributed by atoms with Gasteiger partial charge in [0.25, 0.3) is 0 Å². The summed E-state index contributed by atoms with van der Waals surface area (Å²) < 4.78 is 117. The zero-order valence-corrected chi connectivity index (χ0v) is 13.4. The van der Waals surface area contributed by atoms with E-state index in [9.17, 15) is 51.8 Å². The maximum Gasteiger partial charge on any atom is 1.00 e. The summed E-state index contributed by atoms with van der Waals surface area (Å²) in [6.45, 7) is 0. The second kappa shape index (κ2) is 14.9. The molecule has 0 bridgehead atoms. The second-order valence-corrected chi connectivity index (χ2v) is 1.48. The van der Waals surface area contributed by atoms with E-state index < -0.39 is 21.8 Å². The first-order chi connectivity index (χ1) is 7.00. The van der Waals surface area contributed by atoms with E-state index >= 15 is 0 Å². The van der Waals surface area contributed by atoms with Crippen LogP contribution in [0.25, 0.3) is 0 Å². The summed E-state index contributed by atoms with van der Waals surface area (Å²) in [5.74, 6) is 1.81. The van der Waals surface area contributed by atoms with Crippen LogP contribution in [0, 0.1) is 0 Å². The third kappa shape index (κ3) is 2190. The molecule has 0 rings (SSSR count). The van der Waals surface area contributed by atoms with Crippen molar-refractivity contribution in [2.24, 2.45) is 0 Å². The minimum absolute atomic E-state index is 0. The van der Waals surface area contributed by atoms with Crippen LogP contribution in [0.15, 0.2) is 0 Å². The third-order valence-corrected chi connectivity index (χ3v) is 0. The maximum absolute atomic E-state index is 9.75. The molecule has 0 aromatic heterocycles. The van der Waals surface area contributed by atoms with Gasteiger partial charge in [-0.05, 0) is 5.83 Å². The molecule has 0 atom stereocenters. The van der Waals surface area contributed by atoms with Crippen molar-refractivity contribution in [3.05, 3.63) is 0 Å². The van der Waals surface area contributed by atoms with Crippen LogP contribution in [0.3, 0.4) is 0 Å². The Morgan fingerprint density at radius 1 is 0.500 bits per heavy atom. The van der Waals surface area contributed by atoms with E-state index in [2.05, 4.69) is 15.9 Å². The van der Waals surface area contributed by atoms with Crippen molar-refractivity contribution < 1.29 is 105 Å². The Hall–Kier alpha value is 1.47. The average molecular weight is 395 g/mol. The van der Waals surface area contributed by atoms with Crippen LogP contribution >= 0.6 is 15.9 Å². The van der Waals surface area contributed by atoms with Gasteiger partial charge in [-0.3, -0.25) is 0 Å². The number of halogens is 13. The zero-order chi connectivity index (χ0) is 15.5. The summed E-state index contributed by atoms with van der Waals surface area (Å²) in [6.07, 6.45) is 0. The van der Waals surface area contributed by atoms with Gasteiger partial charge in [0.05, 0.1) is 0 Å². The molecule has 0 aliphatic heterocycles. The van der Waals surface area contributed by atoms with E-state index in [4.69, 9.17) is 0 Å². The first kappa shape index (κ1) is 31.7. The van der Waals surface area contributed by atoms with Gasteiger partial charge in [-0.1, -0.05) is 15.9 Å². The van der Waals surface area contributed by atoms with Gasteiger partial charge >= 0.3 is 73.1 Å². The number of hydrogen-bond donors (Lipinski definition) is 0. The predicted octanol–water partition coefficient (Wildman–Crippen LogP) is 2.03. The molecule has 0 aromatic rings. The fourth-order valence-electron chi connectivity index (χ4n) is 0. The molecule has 0 saturated carbocycles. The van der Waals surface area contributed by atoms with E-state index in [0.29, 0.717) is 0 Å². The second-order valence-electron chi connectivity index (χ2n) is 1.48. The van der Waals surface area contributed by atoms with Crippen LogP contribution in [0.1, 0.15) is 1.43 Å². The molecule has 0 aliphatic rings. The molecule has 17 heteroatoms. The summed E-state index contributed by atoms with van der Waals surface area (Å²) >= 11 is 2.94. The van der Waals surface area contributed by atoms with Gasteiger partial charge < -0.3 is 53.2 Å². The van der Waals surface area contributed by atoms with Crippen molar-refractivity contribution in [3.63, 3.8) is 0 Å². The van der Waals surface area contributed by atoms with Crippen molar-refractivity contribution in [1.82, 2.24) is 0 Å². The van der Waals surface area contributed by atoms with Gasteiger partial charge in [0, 0.05) is 0 Å². The SMILES string of the molecule is CBr.F[B-](F)(F)F.F[B-](F)(F)F.F[B-](F)(F)F.[H-].[K+]. The van der Waals surface area contributed by atoms with Crippen molar-refractivity contribution in [3.8, 4) is 0 Å². The van der Waals surface area contributed by atoms with Crippen molar-refractivity contribution in [2.45, 2.75) is 0 Å². The Labute approximate surface area is 147 Å². The standard InChI is InChI=1S/CH3Br.3BF4.K.H/c1-2;3*2-1(3,4)5;;/h1H3;;;;;/q;3*-1;+1;-1. The normalized spacial score (nSPS) is 10.3. The van der Waals surface area contributed by atoms with Gasteiger partial charge in [0.15, 0.2) is 0 Å². The maximum atomic E-state index is 9.75. The molecule has 0 nitrogen and oxygen atoms in total.